The zero-order chi connectivity index (χ0) is 20.8. The van der Waals surface area contributed by atoms with E-state index in [0.717, 1.165) is 40.5 Å². The van der Waals surface area contributed by atoms with Crippen LogP contribution in [-0.2, 0) is 4.79 Å². The molecule has 2 aliphatic carbocycles. The molecule has 154 valence electrons. The van der Waals surface area contributed by atoms with E-state index in [0.29, 0.717) is 11.8 Å². The number of pyridine rings is 1. The zero-order valence-electron chi connectivity index (χ0n) is 17.4. The van der Waals surface area contributed by atoms with Gasteiger partial charge >= 0.3 is 5.97 Å². The monoisotopic (exact) mass is 402 g/mol. The maximum Gasteiger partial charge on any atom is 0.306 e. The summed E-state index contributed by atoms with van der Waals surface area (Å²) in [6.07, 6.45) is 3.58. The number of aryl methyl sites for hydroxylation is 2. The number of nitrogens with zero attached hydrogens (tertiary/aromatic N) is 1. The van der Waals surface area contributed by atoms with E-state index in [9.17, 15) is 4.79 Å². The highest BCUT2D eigenvalue weighted by Crippen LogP contribution is 2.58. The summed E-state index contributed by atoms with van der Waals surface area (Å²) in [6, 6.07) is 12.5. The number of H-pyrrole nitrogens is 1. The number of aromatic amines is 1. The number of carboxylic acid groups (broad SMARTS) is 1. The van der Waals surface area contributed by atoms with Crippen molar-refractivity contribution < 1.29 is 14.6 Å². The Morgan fingerprint density at radius 2 is 1.83 bits per heavy atom. The van der Waals surface area contributed by atoms with Crippen molar-refractivity contribution in [2.24, 2.45) is 0 Å². The maximum atomic E-state index is 10.9. The number of benzene rings is 1. The van der Waals surface area contributed by atoms with E-state index in [1.807, 2.05) is 6.07 Å². The van der Waals surface area contributed by atoms with Crippen molar-refractivity contribution in [3.63, 3.8) is 0 Å². The van der Waals surface area contributed by atoms with Crippen molar-refractivity contribution in [1.82, 2.24) is 9.97 Å². The molecule has 2 N–H and O–H groups in total. The van der Waals surface area contributed by atoms with Gasteiger partial charge in [0.1, 0.15) is 5.75 Å². The van der Waals surface area contributed by atoms with Crippen LogP contribution in [0, 0.1) is 13.8 Å². The lowest BCUT2D eigenvalue weighted by molar-refractivity contribution is -0.137. The van der Waals surface area contributed by atoms with Gasteiger partial charge in [-0.25, -0.2) is 4.98 Å². The minimum atomic E-state index is -0.832. The van der Waals surface area contributed by atoms with Crippen LogP contribution in [0.4, 0.5) is 0 Å². The Morgan fingerprint density at radius 3 is 2.53 bits per heavy atom. The van der Waals surface area contributed by atoms with Crippen molar-refractivity contribution in [3.8, 4) is 28.3 Å². The molecule has 1 aromatic carbocycles. The number of fused-ring (bicyclic) bond motifs is 5. The molecule has 5 rings (SSSR count). The lowest BCUT2D eigenvalue weighted by atomic mass is 9.86. The quantitative estimate of drug-likeness (QED) is 0.564. The molecule has 30 heavy (non-hydrogen) atoms. The van der Waals surface area contributed by atoms with Crippen LogP contribution in [0.2, 0.25) is 0 Å². The van der Waals surface area contributed by atoms with E-state index in [1.54, 1.807) is 0 Å². The van der Waals surface area contributed by atoms with E-state index in [1.165, 1.54) is 29.5 Å². The lowest BCUT2D eigenvalue weighted by Crippen LogP contribution is -2.09. The summed E-state index contributed by atoms with van der Waals surface area (Å²) in [5.41, 5.74) is 9.22. The summed E-state index contributed by atoms with van der Waals surface area (Å²) in [6.45, 7) is 4.35. The van der Waals surface area contributed by atoms with Crippen LogP contribution < -0.4 is 4.74 Å². The molecule has 0 radical (unpaired) electrons. The fourth-order valence-corrected chi connectivity index (χ4v) is 5.31. The van der Waals surface area contributed by atoms with Crippen LogP contribution in [0.1, 0.15) is 60.0 Å². The Morgan fingerprint density at radius 1 is 1.10 bits per heavy atom. The molecule has 3 aromatic rings. The largest absolute Gasteiger partial charge is 0.493 e. The highest BCUT2D eigenvalue weighted by molar-refractivity contribution is 5.74. The normalized spacial score (nSPS) is 19.1. The van der Waals surface area contributed by atoms with Gasteiger partial charge < -0.3 is 14.8 Å². The molecule has 2 atom stereocenters. The fraction of sp³-hybridized carbons (Fsp3) is 0.360. The molecule has 0 saturated heterocycles. The highest BCUT2D eigenvalue weighted by atomic mass is 16.5. The summed E-state index contributed by atoms with van der Waals surface area (Å²) in [4.78, 5) is 19.3. The van der Waals surface area contributed by atoms with Crippen LogP contribution in [0.3, 0.4) is 0 Å². The summed E-state index contributed by atoms with van der Waals surface area (Å²) in [5, 5.41) is 8.93. The molecule has 0 spiro atoms. The first-order valence-corrected chi connectivity index (χ1v) is 10.7. The molecule has 0 aliphatic heterocycles. The van der Waals surface area contributed by atoms with Crippen molar-refractivity contribution in [3.05, 3.63) is 58.9 Å². The van der Waals surface area contributed by atoms with Crippen LogP contribution in [0.5, 0.6) is 5.75 Å². The topological polar surface area (TPSA) is 75.2 Å². The Hall–Kier alpha value is -3.08. The molecule has 2 bridgehead atoms. The minimum Gasteiger partial charge on any atom is -0.493 e. The predicted octanol–water partition coefficient (Wildman–Crippen LogP) is 5.58. The lowest BCUT2D eigenvalue weighted by Gasteiger charge is -2.22. The predicted molar refractivity (Wildman–Crippen MR) is 116 cm³/mol. The Balaban J connectivity index is 1.55. The van der Waals surface area contributed by atoms with Gasteiger partial charge in [0.15, 0.2) is 0 Å². The molecule has 1 saturated carbocycles. The zero-order valence-corrected chi connectivity index (χ0v) is 17.4. The molecule has 0 amide bonds. The Labute approximate surface area is 176 Å². The van der Waals surface area contributed by atoms with Gasteiger partial charge in [-0.2, -0.15) is 0 Å². The van der Waals surface area contributed by atoms with Crippen LogP contribution in [0.25, 0.3) is 22.5 Å². The van der Waals surface area contributed by atoms with Gasteiger partial charge in [-0.15, -0.1) is 0 Å². The summed E-state index contributed by atoms with van der Waals surface area (Å²) in [5.74, 6) is 1.09. The van der Waals surface area contributed by atoms with E-state index in [-0.39, 0.29) is 13.0 Å². The van der Waals surface area contributed by atoms with Crippen LogP contribution >= 0.6 is 0 Å². The first-order chi connectivity index (χ1) is 14.5. The van der Waals surface area contributed by atoms with Crippen molar-refractivity contribution in [2.75, 3.05) is 6.61 Å². The second-order valence-electron chi connectivity index (χ2n) is 8.54. The van der Waals surface area contributed by atoms with Crippen LogP contribution in [-0.4, -0.2) is 27.7 Å². The van der Waals surface area contributed by atoms with Gasteiger partial charge in [0.05, 0.1) is 24.4 Å². The Bertz CT molecular complexity index is 1130. The number of carbonyl (C=O) groups is 1. The summed E-state index contributed by atoms with van der Waals surface area (Å²) >= 11 is 0. The average molecular weight is 402 g/mol. The first kappa shape index (κ1) is 18.9. The van der Waals surface area contributed by atoms with Gasteiger partial charge in [-0.1, -0.05) is 6.07 Å². The smallest absolute Gasteiger partial charge is 0.306 e. The standard InChI is InChI=1S/C25H26N2O3/c1-14-12-19(15(2)26-14)21-5-3-4-20(27-21)18-8-9-22(30-11-10-23(28)29)25-17-7-6-16(13-17)24(18)25/h3-5,8-9,12,16-17,26H,6-7,10-11,13H2,1-2H3,(H,28,29). The second-order valence-corrected chi connectivity index (χ2v) is 8.54. The maximum absolute atomic E-state index is 10.9. The van der Waals surface area contributed by atoms with Gasteiger partial charge in [0.2, 0.25) is 0 Å². The molecule has 5 nitrogen and oxygen atoms in total. The first-order valence-electron chi connectivity index (χ1n) is 10.7. The van der Waals surface area contributed by atoms with Crippen molar-refractivity contribution in [1.29, 1.82) is 0 Å². The highest BCUT2D eigenvalue weighted by Gasteiger charge is 2.41. The molecule has 2 aromatic heterocycles. The number of nitrogens with one attached hydrogen (secondary N) is 1. The van der Waals surface area contributed by atoms with Gasteiger partial charge in [0.25, 0.3) is 0 Å². The van der Waals surface area contributed by atoms with Gasteiger partial charge in [0, 0.05) is 28.1 Å². The molecule has 2 aliphatic rings. The molecule has 5 heteroatoms. The van der Waals surface area contributed by atoms with Crippen LogP contribution in [0.15, 0.2) is 36.4 Å². The molecule has 1 fully saturated rings. The SMILES string of the molecule is Cc1cc(-c2cccc(-c3ccc(OCCC(=O)O)c4c3C3CCC4C3)n2)c(C)[nH]1. The third-order valence-corrected chi connectivity index (χ3v) is 6.52. The average Bonchev–Trinajstić information content (AvgIpc) is 3.43. The Kier molecular flexibility index (Phi) is 4.61. The van der Waals surface area contributed by atoms with E-state index in [4.69, 9.17) is 14.8 Å². The third-order valence-electron chi connectivity index (χ3n) is 6.52. The molecule has 2 heterocycles. The molecular formula is C25H26N2O3. The van der Waals surface area contributed by atoms with Crippen molar-refractivity contribution >= 4 is 5.97 Å². The number of hydrogen-bond acceptors (Lipinski definition) is 3. The number of aliphatic carboxylic acids is 1. The van der Waals surface area contributed by atoms with Gasteiger partial charge in [-0.05, 0) is 80.8 Å². The fourth-order valence-electron chi connectivity index (χ4n) is 5.31. The number of carboxylic acids is 1. The number of rotatable bonds is 6. The number of hydrogen-bond donors (Lipinski definition) is 2. The third kappa shape index (κ3) is 3.18. The second kappa shape index (κ2) is 7.31. The molecular weight excluding hydrogens is 376 g/mol. The number of aromatic nitrogens is 2. The van der Waals surface area contributed by atoms with Crippen molar-refractivity contribution in [2.45, 2.75) is 51.4 Å². The number of ether oxygens (including phenoxy) is 1. The molecule has 2 unspecified atom stereocenters. The van der Waals surface area contributed by atoms with E-state index >= 15 is 0 Å². The summed E-state index contributed by atoms with van der Waals surface area (Å²) < 4.78 is 5.91. The summed E-state index contributed by atoms with van der Waals surface area (Å²) in [7, 11) is 0. The van der Waals surface area contributed by atoms with E-state index < -0.39 is 5.97 Å². The van der Waals surface area contributed by atoms with E-state index in [2.05, 4.69) is 49.2 Å². The minimum absolute atomic E-state index is 0.0175. The van der Waals surface area contributed by atoms with Gasteiger partial charge in [-0.3, -0.25) is 4.79 Å².